The van der Waals surface area contributed by atoms with Gasteiger partial charge in [-0.15, -0.1) is 11.3 Å². The Kier molecular flexibility index (Phi) is 3.33. The van der Waals surface area contributed by atoms with Crippen molar-refractivity contribution in [3.8, 4) is 0 Å². The van der Waals surface area contributed by atoms with Crippen molar-refractivity contribution in [1.82, 2.24) is 0 Å². The molecule has 2 N–H and O–H groups in total. The average Bonchev–Trinajstić information content (AvgIpc) is 2.84. The molecular formula is C13H15FN2S. The molecule has 0 bridgehead atoms. The zero-order valence-corrected chi connectivity index (χ0v) is 10.7. The van der Waals surface area contributed by atoms with Crippen LogP contribution in [0.25, 0.3) is 0 Å². The van der Waals surface area contributed by atoms with Crippen LogP contribution in [0.15, 0.2) is 35.7 Å². The standard InChI is InChI=1S/C13H15FN2S/c1-9(12-7-4-8-17-12)16(2)11-6-3-5-10(14)13(11)15/h3-9H,15H2,1-2H3. The van der Waals surface area contributed by atoms with Crippen molar-refractivity contribution in [3.05, 3.63) is 46.4 Å². The molecule has 1 aromatic heterocycles. The number of para-hydroxylation sites is 1. The molecule has 0 saturated heterocycles. The Labute approximate surface area is 104 Å². The first-order valence-electron chi connectivity index (χ1n) is 5.41. The molecule has 0 aliphatic heterocycles. The molecular weight excluding hydrogens is 235 g/mol. The van der Waals surface area contributed by atoms with E-state index in [1.54, 1.807) is 17.4 Å². The normalized spacial score (nSPS) is 12.4. The molecule has 0 fully saturated rings. The molecule has 4 heteroatoms. The summed E-state index contributed by atoms with van der Waals surface area (Å²) < 4.78 is 13.4. The quantitative estimate of drug-likeness (QED) is 0.842. The Bertz CT molecular complexity index is 496. The second-order valence-corrected chi connectivity index (χ2v) is 4.95. The lowest BCUT2D eigenvalue weighted by Gasteiger charge is -2.27. The van der Waals surface area contributed by atoms with Crippen molar-refractivity contribution in [1.29, 1.82) is 0 Å². The summed E-state index contributed by atoms with van der Waals surface area (Å²) in [6.45, 7) is 2.08. The summed E-state index contributed by atoms with van der Waals surface area (Å²) in [6, 6.07) is 9.16. The van der Waals surface area contributed by atoms with Gasteiger partial charge < -0.3 is 10.6 Å². The van der Waals surface area contributed by atoms with Gasteiger partial charge in [0.05, 0.1) is 17.4 Å². The van der Waals surface area contributed by atoms with Crippen LogP contribution in [0.2, 0.25) is 0 Å². The number of rotatable bonds is 3. The molecule has 1 heterocycles. The molecule has 1 unspecified atom stereocenters. The maximum atomic E-state index is 13.4. The van der Waals surface area contributed by atoms with Gasteiger partial charge >= 0.3 is 0 Å². The summed E-state index contributed by atoms with van der Waals surface area (Å²) in [5.41, 5.74) is 6.70. The number of nitrogen functional groups attached to an aromatic ring is 1. The topological polar surface area (TPSA) is 29.3 Å². The van der Waals surface area contributed by atoms with Gasteiger partial charge in [0.1, 0.15) is 5.82 Å². The molecule has 0 aliphatic rings. The Morgan fingerprint density at radius 2 is 2.06 bits per heavy atom. The molecule has 0 amide bonds. The lowest BCUT2D eigenvalue weighted by molar-refractivity contribution is 0.630. The van der Waals surface area contributed by atoms with Gasteiger partial charge in [0.15, 0.2) is 0 Å². The van der Waals surface area contributed by atoms with E-state index in [1.165, 1.54) is 10.9 Å². The number of hydrogen-bond acceptors (Lipinski definition) is 3. The van der Waals surface area contributed by atoms with E-state index >= 15 is 0 Å². The zero-order valence-electron chi connectivity index (χ0n) is 9.85. The van der Waals surface area contributed by atoms with Crippen LogP contribution < -0.4 is 10.6 Å². The third-order valence-electron chi connectivity index (χ3n) is 2.95. The molecule has 0 saturated carbocycles. The number of anilines is 2. The van der Waals surface area contributed by atoms with E-state index in [-0.39, 0.29) is 17.5 Å². The lowest BCUT2D eigenvalue weighted by atomic mass is 10.2. The Morgan fingerprint density at radius 3 is 2.71 bits per heavy atom. The molecule has 2 rings (SSSR count). The van der Waals surface area contributed by atoms with Gasteiger partial charge in [-0.3, -0.25) is 0 Å². The van der Waals surface area contributed by atoms with E-state index in [0.29, 0.717) is 0 Å². The van der Waals surface area contributed by atoms with Gasteiger partial charge in [0.25, 0.3) is 0 Å². The van der Waals surface area contributed by atoms with Gasteiger partial charge in [-0.1, -0.05) is 12.1 Å². The van der Waals surface area contributed by atoms with Gasteiger partial charge in [-0.05, 0) is 30.5 Å². The van der Waals surface area contributed by atoms with Crippen LogP contribution in [0.5, 0.6) is 0 Å². The predicted octanol–water partition coefficient (Wildman–Crippen LogP) is 3.67. The molecule has 0 spiro atoms. The highest BCUT2D eigenvalue weighted by Gasteiger charge is 2.16. The van der Waals surface area contributed by atoms with Crippen LogP contribution in [0.1, 0.15) is 17.8 Å². The number of nitrogens with two attached hydrogens (primary N) is 1. The van der Waals surface area contributed by atoms with Crippen LogP contribution in [-0.2, 0) is 0 Å². The van der Waals surface area contributed by atoms with Gasteiger partial charge in [-0.2, -0.15) is 0 Å². The highest BCUT2D eigenvalue weighted by Crippen LogP contribution is 2.32. The lowest BCUT2D eigenvalue weighted by Crippen LogP contribution is -2.22. The predicted molar refractivity (Wildman–Crippen MR) is 71.9 cm³/mol. The monoisotopic (exact) mass is 250 g/mol. The Hall–Kier alpha value is -1.55. The van der Waals surface area contributed by atoms with E-state index in [1.807, 2.05) is 29.5 Å². The minimum atomic E-state index is -0.368. The van der Waals surface area contributed by atoms with Crippen molar-refractivity contribution in [3.63, 3.8) is 0 Å². The van der Waals surface area contributed by atoms with Crippen molar-refractivity contribution in [2.45, 2.75) is 13.0 Å². The number of thiophene rings is 1. The van der Waals surface area contributed by atoms with E-state index < -0.39 is 0 Å². The number of halogens is 1. The first-order chi connectivity index (χ1) is 8.11. The fourth-order valence-electron chi connectivity index (χ4n) is 1.76. The van der Waals surface area contributed by atoms with E-state index in [9.17, 15) is 4.39 Å². The molecule has 1 aromatic carbocycles. The summed E-state index contributed by atoms with van der Waals surface area (Å²) in [5, 5.41) is 2.04. The molecule has 90 valence electrons. The van der Waals surface area contributed by atoms with Crippen LogP contribution in [0.4, 0.5) is 15.8 Å². The smallest absolute Gasteiger partial charge is 0.148 e. The largest absolute Gasteiger partial charge is 0.395 e. The van der Waals surface area contributed by atoms with Crippen LogP contribution >= 0.6 is 11.3 Å². The van der Waals surface area contributed by atoms with Crippen molar-refractivity contribution in [2.75, 3.05) is 17.7 Å². The minimum Gasteiger partial charge on any atom is -0.395 e. The third-order valence-corrected chi connectivity index (χ3v) is 3.99. The number of benzene rings is 1. The van der Waals surface area contributed by atoms with E-state index in [0.717, 1.165) is 5.69 Å². The molecule has 0 aliphatic carbocycles. The minimum absolute atomic E-state index is 0.180. The molecule has 2 nitrogen and oxygen atoms in total. The van der Waals surface area contributed by atoms with E-state index in [4.69, 9.17) is 5.73 Å². The summed E-state index contributed by atoms with van der Waals surface area (Å²) in [5.74, 6) is -0.368. The highest BCUT2D eigenvalue weighted by molar-refractivity contribution is 7.10. The number of hydrogen-bond donors (Lipinski definition) is 1. The van der Waals surface area contributed by atoms with E-state index in [2.05, 4.69) is 13.0 Å². The zero-order chi connectivity index (χ0) is 12.4. The fraction of sp³-hybridized carbons (Fsp3) is 0.231. The first kappa shape index (κ1) is 11.9. The van der Waals surface area contributed by atoms with Crippen LogP contribution in [0, 0.1) is 5.82 Å². The number of nitrogens with zero attached hydrogens (tertiary/aromatic N) is 1. The Morgan fingerprint density at radius 1 is 1.29 bits per heavy atom. The van der Waals surface area contributed by atoms with Gasteiger partial charge in [0, 0.05) is 11.9 Å². The van der Waals surface area contributed by atoms with Gasteiger partial charge in [-0.25, -0.2) is 4.39 Å². The average molecular weight is 250 g/mol. The highest BCUT2D eigenvalue weighted by atomic mass is 32.1. The fourth-order valence-corrected chi connectivity index (χ4v) is 2.59. The third kappa shape index (κ3) is 2.26. The van der Waals surface area contributed by atoms with Gasteiger partial charge in [0.2, 0.25) is 0 Å². The van der Waals surface area contributed by atoms with Crippen LogP contribution in [-0.4, -0.2) is 7.05 Å². The van der Waals surface area contributed by atoms with Crippen molar-refractivity contribution < 1.29 is 4.39 Å². The molecule has 0 radical (unpaired) electrons. The Balaban J connectivity index is 2.31. The molecule has 1 atom stereocenters. The van der Waals surface area contributed by atoms with Crippen molar-refractivity contribution >= 4 is 22.7 Å². The summed E-state index contributed by atoms with van der Waals surface area (Å²) >= 11 is 1.69. The SMILES string of the molecule is CC(c1cccs1)N(C)c1cccc(F)c1N. The van der Waals surface area contributed by atoms with Crippen LogP contribution in [0.3, 0.4) is 0 Å². The summed E-state index contributed by atoms with van der Waals surface area (Å²) in [6.07, 6.45) is 0. The second-order valence-electron chi connectivity index (χ2n) is 3.97. The second kappa shape index (κ2) is 4.75. The van der Waals surface area contributed by atoms with Crippen molar-refractivity contribution in [2.24, 2.45) is 0 Å². The maximum absolute atomic E-state index is 13.4. The summed E-state index contributed by atoms with van der Waals surface area (Å²) in [4.78, 5) is 3.22. The molecule has 17 heavy (non-hydrogen) atoms. The maximum Gasteiger partial charge on any atom is 0.148 e. The first-order valence-corrected chi connectivity index (χ1v) is 6.29. The summed E-state index contributed by atoms with van der Waals surface area (Å²) in [7, 11) is 1.93. The molecule has 2 aromatic rings.